The smallest absolute Gasteiger partial charge is 0.224 e. The standard InChI is InChI=1S/C20H24N2O/c23-20(14-17-6-2-1-3-7-17)21-15-18-8-10-19(11-9-18)16-22-12-4-5-13-22/h1-3,6-11H,4-5,12-16H2,(H,21,23). The molecule has 0 unspecified atom stereocenters. The highest BCUT2D eigenvalue weighted by atomic mass is 16.1. The molecule has 1 aliphatic rings. The van der Waals surface area contributed by atoms with Crippen LogP contribution < -0.4 is 5.32 Å². The fraction of sp³-hybridized carbons (Fsp3) is 0.350. The maximum Gasteiger partial charge on any atom is 0.224 e. The van der Waals surface area contributed by atoms with Crippen molar-refractivity contribution in [3.05, 3.63) is 71.3 Å². The van der Waals surface area contributed by atoms with Crippen LogP contribution in [0.15, 0.2) is 54.6 Å². The maximum atomic E-state index is 12.0. The number of nitrogens with one attached hydrogen (secondary N) is 1. The number of rotatable bonds is 6. The third-order valence-corrected chi connectivity index (χ3v) is 4.33. The van der Waals surface area contributed by atoms with Gasteiger partial charge in [0.15, 0.2) is 0 Å². The molecule has 1 aliphatic heterocycles. The summed E-state index contributed by atoms with van der Waals surface area (Å²) in [7, 11) is 0. The van der Waals surface area contributed by atoms with Gasteiger partial charge >= 0.3 is 0 Å². The molecular weight excluding hydrogens is 284 g/mol. The van der Waals surface area contributed by atoms with Crippen molar-refractivity contribution in [2.24, 2.45) is 0 Å². The summed E-state index contributed by atoms with van der Waals surface area (Å²) in [5.74, 6) is 0.0670. The lowest BCUT2D eigenvalue weighted by atomic mass is 10.1. The minimum atomic E-state index is 0.0670. The zero-order chi connectivity index (χ0) is 15.9. The molecule has 23 heavy (non-hydrogen) atoms. The molecule has 3 nitrogen and oxygen atoms in total. The fourth-order valence-electron chi connectivity index (χ4n) is 3.01. The normalized spacial score (nSPS) is 14.8. The van der Waals surface area contributed by atoms with E-state index in [1.807, 2.05) is 30.3 Å². The lowest BCUT2D eigenvalue weighted by Gasteiger charge is -2.14. The molecule has 2 aromatic rings. The van der Waals surface area contributed by atoms with Crippen LogP contribution in [0, 0.1) is 0 Å². The second kappa shape index (κ2) is 7.93. The summed E-state index contributed by atoms with van der Waals surface area (Å²) in [6.07, 6.45) is 3.09. The number of likely N-dealkylation sites (tertiary alicyclic amines) is 1. The van der Waals surface area contributed by atoms with Crippen molar-refractivity contribution >= 4 is 5.91 Å². The summed E-state index contributed by atoms with van der Waals surface area (Å²) in [4.78, 5) is 14.5. The zero-order valence-electron chi connectivity index (χ0n) is 13.5. The number of amides is 1. The van der Waals surface area contributed by atoms with Crippen molar-refractivity contribution in [2.75, 3.05) is 13.1 Å². The SMILES string of the molecule is O=C(Cc1ccccc1)NCc1ccc(CN2CCCC2)cc1. The molecule has 1 amide bonds. The Morgan fingerprint density at radius 3 is 2.22 bits per heavy atom. The lowest BCUT2D eigenvalue weighted by molar-refractivity contribution is -0.120. The van der Waals surface area contributed by atoms with E-state index in [4.69, 9.17) is 0 Å². The van der Waals surface area contributed by atoms with Crippen molar-refractivity contribution in [3.63, 3.8) is 0 Å². The van der Waals surface area contributed by atoms with Crippen LogP contribution in [0.2, 0.25) is 0 Å². The highest BCUT2D eigenvalue weighted by Crippen LogP contribution is 2.13. The van der Waals surface area contributed by atoms with Crippen molar-refractivity contribution < 1.29 is 4.79 Å². The quantitative estimate of drug-likeness (QED) is 0.889. The van der Waals surface area contributed by atoms with Crippen molar-refractivity contribution in [3.8, 4) is 0 Å². The predicted octanol–water partition coefficient (Wildman–Crippen LogP) is 3.14. The molecule has 0 radical (unpaired) electrons. The van der Waals surface area contributed by atoms with Crippen LogP contribution in [0.25, 0.3) is 0 Å². The zero-order valence-corrected chi connectivity index (χ0v) is 13.5. The Morgan fingerprint density at radius 2 is 1.52 bits per heavy atom. The van der Waals surface area contributed by atoms with E-state index in [1.54, 1.807) is 0 Å². The molecule has 0 aliphatic carbocycles. The first-order valence-electron chi connectivity index (χ1n) is 8.40. The van der Waals surface area contributed by atoms with Crippen LogP contribution >= 0.6 is 0 Å². The Balaban J connectivity index is 1.45. The van der Waals surface area contributed by atoms with E-state index >= 15 is 0 Å². The molecule has 3 heteroatoms. The fourth-order valence-corrected chi connectivity index (χ4v) is 3.01. The number of nitrogens with zero attached hydrogens (tertiary/aromatic N) is 1. The first-order chi connectivity index (χ1) is 11.3. The first-order valence-corrected chi connectivity index (χ1v) is 8.40. The minimum Gasteiger partial charge on any atom is -0.352 e. The molecule has 1 heterocycles. The predicted molar refractivity (Wildman–Crippen MR) is 92.9 cm³/mol. The maximum absolute atomic E-state index is 12.0. The summed E-state index contributed by atoms with van der Waals surface area (Å²) in [5.41, 5.74) is 3.55. The van der Waals surface area contributed by atoms with Gasteiger partial charge < -0.3 is 5.32 Å². The Kier molecular flexibility index (Phi) is 5.43. The minimum absolute atomic E-state index is 0.0670. The first kappa shape index (κ1) is 15.8. The second-order valence-corrected chi connectivity index (χ2v) is 6.24. The van der Waals surface area contributed by atoms with Gasteiger partial charge in [0, 0.05) is 13.1 Å². The molecule has 3 rings (SSSR count). The van der Waals surface area contributed by atoms with Gasteiger partial charge in [0.25, 0.3) is 0 Å². The van der Waals surface area contributed by atoms with Gasteiger partial charge in [-0.1, -0.05) is 54.6 Å². The van der Waals surface area contributed by atoms with Crippen LogP contribution in [0.5, 0.6) is 0 Å². The van der Waals surface area contributed by atoms with Gasteiger partial charge in [-0.3, -0.25) is 9.69 Å². The Hall–Kier alpha value is -2.13. The van der Waals surface area contributed by atoms with E-state index in [2.05, 4.69) is 34.5 Å². The summed E-state index contributed by atoms with van der Waals surface area (Å²) < 4.78 is 0. The molecule has 120 valence electrons. The number of carbonyl (C=O) groups excluding carboxylic acids is 1. The highest BCUT2D eigenvalue weighted by Gasteiger charge is 2.11. The molecule has 1 N–H and O–H groups in total. The third-order valence-electron chi connectivity index (χ3n) is 4.33. The van der Waals surface area contributed by atoms with Crippen molar-refractivity contribution in [1.29, 1.82) is 0 Å². The van der Waals surface area contributed by atoms with Crippen LogP contribution in [0.4, 0.5) is 0 Å². The lowest BCUT2D eigenvalue weighted by Crippen LogP contribution is -2.24. The van der Waals surface area contributed by atoms with Crippen LogP contribution in [-0.4, -0.2) is 23.9 Å². The molecule has 0 bridgehead atoms. The second-order valence-electron chi connectivity index (χ2n) is 6.24. The van der Waals surface area contributed by atoms with Crippen molar-refractivity contribution in [1.82, 2.24) is 10.2 Å². The number of hydrogen-bond acceptors (Lipinski definition) is 2. The monoisotopic (exact) mass is 308 g/mol. The molecule has 0 saturated carbocycles. The van der Waals surface area contributed by atoms with Gasteiger partial charge in [-0.15, -0.1) is 0 Å². The van der Waals surface area contributed by atoms with Crippen LogP contribution in [0.3, 0.4) is 0 Å². The van der Waals surface area contributed by atoms with Gasteiger partial charge in [0.05, 0.1) is 6.42 Å². The molecule has 2 aromatic carbocycles. The number of hydrogen-bond donors (Lipinski definition) is 1. The molecule has 0 spiro atoms. The van der Waals surface area contributed by atoms with E-state index in [1.165, 1.54) is 31.5 Å². The van der Waals surface area contributed by atoms with E-state index in [0.29, 0.717) is 13.0 Å². The number of benzene rings is 2. The van der Waals surface area contributed by atoms with E-state index < -0.39 is 0 Å². The van der Waals surface area contributed by atoms with Gasteiger partial charge in [-0.05, 0) is 42.6 Å². The Labute approximate surface area is 138 Å². The average molecular weight is 308 g/mol. The molecule has 1 saturated heterocycles. The Bertz CT molecular complexity index is 616. The van der Waals surface area contributed by atoms with Gasteiger partial charge in [0.2, 0.25) is 5.91 Å². The van der Waals surface area contributed by atoms with Crippen molar-refractivity contribution in [2.45, 2.75) is 32.4 Å². The van der Waals surface area contributed by atoms with Gasteiger partial charge in [0.1, 0.15) is 0 Å². The largest absolute Gasteiger partial charge is 0.352 e. The third kappa shape index (κ3) is 4.93. The number of carbonyl (C=O) groups is 1. The molecule has 1 fully saturated rings. The molecule has 0 aromatic heterocycles. The molecule has 0 atom stereocenters. The summed E-state index contributed by atoms with van der Waals surface area (Å²) >= 11 is 0. The van der Waals surface area contributed by atoms with E-state index in [9.17, 15) is 4.79 Å². The highest BCUT2D eigenvalue weighted by molar-refractivity contribution is 5.78. The van der Waals surface area contributed by atoms with Crippen LogP contribution in [-0.2, 0) is 24.3 Å². The topological polar surface area (TPSA) is 32.3 Å². The summed E-state index contributed by atoms with van der Waals surface area (Å²) in [5, 5.41) is 2.99. The van der Waals surface area contributed by atoms with Crippen LogP contribution in [0.1, 0.15) is 29.5 Å². The average Bonchev–Trinajstić information content (AvgIpc) is 3.08. The van der Waals surface area contributed by atoms with E-state index in [-0.39, 0.29) is 5.91 Å². The molecular formula is C20H24N2O. The van der Waals surface area contributed by atoms with Gasteiger partial charge in [-0.25, -0.2) is 0 Å². The van der Waals surface area contributed by atoms with Gasteiger partial charge in [-0.2, -0.15) is 0 Å². The van der Waals surface area contributed by atoms with E-state index in [0.717, 1.165) is 17.7 Å². The summed E-state index contributed by atoms with van der Waals surface area (Å²) in [6.45, 7) is 4.07. The summed E-state index contributed by atoms with van der Waals surface area (Å²) in [6, 6.07) is 18.4. The Morgan fingerprint density at radius 1 is 0.870 bits per heavy atom.